The number of hydrogen-bond donors (Lipinski definition) is 0. The number of rotatable bonds is 6. The molecule has 1 saturated heterocycles. The van der Waals surface area contributed by atoms with Gasteiger partial charge in [0.1, 0.15) is 0 Å². The van der Waals surface area contributed by atoms with Gasteiger partial charge in [-0.15, -0.1) is 11.6 Å². The van der Waals surface area contributed by atoms with Gasteiger partial charge in [0, 0.05) is 51.2 Å². The molecule has 20 heavy (non-hydrogen) atoms. The first-order valence-corrected chi connectivity index (χ1v) is 7.79. The number of carbonyl (C=O) groups is 1. The molecule has 0 saturated carbocycles. The van der Waals surface area contributed by atoms with Gasteiger partial charge in [-0.25, -0.2) is 0 Å². The number of unbranched alkanes of at least 4 members (excludes halogenated alkanes) is 1. The molecule has 110 valence electrons. The average Bonchev–Trinajstić information content (AvgIpc) is 2.49. The van der Waals surface area contributed by atoms with E-state index in [0.717, 1.165) is 51.3 Å². The second kappa shape index (κ2) is 8.22. The molecule has 0 unspecified atom stereocenters. The Morgan fingerprint density at radius 1 is 1.20 bits per heavy atom. The normalized spacial score (nSPS) is 16.4. The quantitative estimate of drug-likeness (QED) is 0.596. The third-order valence-corrected chi connectivity index (χ3v) is 3.88. The van der Waals surface area contributed by atoms with E-state index in [2.05, 4.69) is 9.88 Å². The molecule has 0 bridgehead atoms. The zero-order chi connectivity index (χ0) is 14.2. The molecule has 0 atom stereocenters. The molecular weight excluding hydrogens is 274 g/mol. The number of piperazine rings is 1. The minimum Gasteiger partial charge on any atom is -0.340 e. The fourth-order valence-electron chi connectivity index (χ4n) is 2.40. The van der Waals surface area contributed by atoms with E-state index >= 15 is 0 Å². The summed E-state index contributed by atoms with van der Waals surface area (Å²) in [7, 11) is 0. The maximum atomic E-state index is 12.0. The van der Waals surface area contributed by atoms with Crippen LogP contribution in [0.2, 0.25) is 0 Å². The zero-order valence-electron chi connectivity index (χ0n) is 11.8. The monoisotopic (exact) mass is 295 g/mol. The van der Waals surface area contributed by atoms with E-state index in [4.69, 9.17) is 11.6 Å². The molecule has 1 fully saturated rings. The summed E-state index contributed by atoms with van der Waals surface area (Å²) in [5.74, 6) is 0.915. The smallest absolute Gasteiger partial charge is 0.222 e. The molecule has 1 amide bonds. The SMILES string of the molecule is O=C(CCCCCl)N1CCN(Cc2ccccn2)CC1. The summed E-state index contributed by atoms with van der Waals surface area (Å²) in [5, 5.41) is 0. The Bertz CT molecular complexity index is 405. The largest absolute Gasteiger partial charge is 0.340 e. The molecule has 1 aliphatic rings. The molecular formula is C15H22ClN3O. The summed E-state index contributed by atoms with van der Waals surface area (Å²) >= 11 is 5.63. The molecule has 0 N–H and O–H groups in total. The number of halogens is 1. The van der Waals surface area contributed by atoms with E-state index in [9.17, 15) is 4.79 Å². The van der Waals surface area contributed by atoms with Gasteiger partial charge in [-0.1, -0.05) is 6.07 Å². The summed E-state index contributed by atoms with van der Waals surface area (Å²) in [6, 6.07) is 5.99. The van der Waals surface area contributed by atoms with Crippen molar-refractivity contribution in [3.05, 3.63) is 30.1 Å². The number of pyridine rings is 1. The first kappa shape index (κ1) is 15.3. The number of alkyl halides is 1. The van der Waals surface area contributed by atoms with Crippen LogP contribution >= 0.6 is 11.6 Å². The lowest BCUT2D eigenvalue weighted by atomic mass is 10.2. The Labute approximate surface area is 125 Å². The van der Waals surface area contributed by atoms with E-state index in [1.54, 1.807) is 0 Å². The maximum Gasteiger partial charge on any atom is 0.222 e. The van der Waals surface area contributed by atoms with E-state index in [1.165, 1.54) is 0 Å². The van der Waals surface area contributed by atoms with Gasteiger partial charge in [-0.3, -0.25) is 14.7 Å². The minimum atomic E-state index is 0.271. The molecule has 0 aliphatic carbocycles. The number of nitrogens with zero attached hydrogens (tertiary/aromatic N) is 3. The van der Waals surface area contributed by atoms with Gasteiger partial charge in [0.2, 0.25) is 5.91 Å². The van der Waals surface area contributed by atoms with E-state index < -0.39 is 0 Å². The van der Waals surface area contributed by atoms with Crippen molar-refractivity contribution >= 4 is 17.5 Å². The highest BCUT2D eigenvalue weighted by Gasteiger charge is 2.20. The van der Waals surface area contributed by atoms with Crippen LogP contribution in [0, 0.1) is 0 Å². The molecule has 2 rings (SSSR count). The van der Waals surface area contributed by atoms with Crippen molar-refractivity contribution in [1.29, 1.82) is 0 Å². The van der Waals surface area contributed by atoms with Crippen LogP contribution in [0.5, 0.6) is 0 Å². The third kappa shape index (κ3) is 4.76. The Kier molecular flexibility index (Phi) is 6.27. The van der Waals surface area contributed by atoms with Crippen molar-refractivity contribution < 1.29 is 4.79 Å². The lowest BCUT2D eigenvalue weighted by molar-refractivity contribution is -0.133. The first-order chi connectivity index (χ1) is 9.79. The van der Waals surface area contributed by atoms with Crippen LogP contribution in [0.4, 0.5) is 0 Å². The van der Waals surface area contributed by atoms with Gasteiger partial charge in [0.25, 0.3) is 0 Å². The van der Waals surface area contributed by atoms with Gasteiger partial charge >= 0.3 is 0 Å². The van der Waals surface area contributed by atoms with Crippen LogP contribution in [0.25, 0.3) is 0 Å². The van der Waals surface area contributed by atoms with Gasteiger partial charge in [-0.05, 0) is 25.0 Å². The van der Waals surface area contributed by atoms with Gasteiger partial charge in [-0.2, -0.15) is 0 Å². The highest BCUT2D eigenvalue weighted by atomic mass is 35.5. The molecule has 0 radical (unpaired) electrons. The number of hydrogen-bond acceptors (Lipinski definition) is 3. The Balaban J connectivity index is 1.71. The van der Waals surface area contributed by atoms with Gasteiger partial charge < -0.3 is 4.90 Å². The third-order valence-electron chi connectivity index (χ3n) is 3.61. The molecule has 0 aromatic carbocycles. The summed E-state index contributed by atoms with van der Waals surface area (Å²) in [6.07, 6.45) is 4.28. The summed E-state index contributed by atoms with van der Waals surface area (Å²) in [6.45, 7) is 4.38. The standard InChI is InChI=1S/C15H22ClN3O/c16-7-3-1-6-15(20)19-11-9-18(10-12-19)13-14-5-2-4-8-17-14/h2,4-5,8H,1,3,6-7,9-13H2. The van der Waals surface area contributed by atoms with Crippen molar-refractivity contribution in [3.8, 4) is 0 Å². The van der Waals surface area contributed by atoms with Crippen LogP contribution < -0.4 is 0 Å². The Morgan fingerprint density at radius 2 is 2.00 bits per heavy atom. The molecule has 0 spiro atoms. The van der Waals surface area contributed by atoms with Crippen LogP contribution in [-0.4, -0.2) is 52.8 Å². The second-order valence-corrected chi connectivity index (χ2v) is 5.50. The number of aromatic nitrogens is 1. The lowest BCUT2D eigenvalue weighted by Crippen LogP contribution is -2.48. The predicted molar refractivity (Wildman–Crippen MR) is 80.7 cm³/mol. The molecule has 5 heteroatoms. The molecule has 4 nitrogen and oxygen atoms in total. The highest BCUT2D eigenvalue weighted by Crippen LogP contribution is 2.09. The van der Waals surface area contributed by atoms with Crippen molar-refractivity contribution in [2.24, 2.45) is 0 Å². The Hall–Kier alpha value is -1.13. The fourth-order valence-corrected chi connectivity index (χ4v) is 2.59. The van der Waals surface area contributed by atoms with Crippen molar-refractivity contribution in [2.45, 2.75) is 25.8 Å². The van der Waals surface area contributed by atoms with Crippen molar-refractivity contribution in [2.75, 3.05) is 32.1 Å². The van der Waals surface area contributed by atoms with Gasteiger partial charge in [0.15, 0.2) is 0 Å². The van der Waals surface area contributed by atoms with E-state index in [0.29, 0.717) is 12.3 Å². The average molecular weight is 296 g/mol. The van der Waals surface area contributed by atoms with E-state index in [-0.39, 0.29) is 5.91 Å². The van der Waals surface area contributed by atoms with Gasteiger partial charge in [0.05, 0.1) is 5.69 Å². The maximum absolute atomic E-state index is 12.0. The second-order valence-electron chi connectivity index (χ2n) is 5.12. The van der Waals surface area contributed by atoms with Crippen molar-refractivity contribution in [1.82, 2.24) is 14.8 Å². The Morgan fingerprint density at radius 3 is 2.65 bits per heavy atom. The predicted octanol–water partition coefficient (Wildman–Crippen LogP) is 2.13. The minimum absolute atomic E-state index is 0.271. The number of carbonyl (C=O) groups excluding carboxylic acids is 1. The summed E-state index contributed by atoms with van der Waals surface area (Å²) < 4.78 is 0. The van der Waals surface area contributed by atoms with Crippen molar-refractivity contribution in [3.63, 3.8) is 0 Å². The highest BCUT2D eigenvalue weighted by molar-refractivity contribution is 6.17. The van der Waals surface area contributed by atoms with Crippen LogP contribution in [0.3, 0.4) is 0 Å². The summed E-state index contributed by atoms with van der Waals surface area (Å²) in [4.78, 5) is 20.7. The van der Waals surface area contributed by atoms with Crippen LogP contribution in [0.15, 0.2) is 24.4 Å². The molecule has 1 aliphatic heterocycles. The van der Waals surface area contributed by atoms with E-state index in [1.807, 2.05) is 29.3 Å². The molecule has 1 aromatic rings. The topological polar surface area (TPSA) is 36.4 Å². The van der Waals surface area contributed by atoms with Crippen LogP contribution in [0.1, 0.15) is 25.0 Å². The lowest BCUT2D eigenvalue weighted by Gasteiger charge is -2.34. The van der Waals surface area contributed by atoms with Crippen LogP contribution in [-0.2, 0) is 11.3 Å². The molecule has 2 heterocycles. The summed E-state index contributed by atoms with van der Waals surface area (Å²) in [5.41, 5.74) is 1.09. The zero-order valence-corrected chi connectivity index (χ0v) is 12.6. The first-order valence-electron chi connectivity index (χ1n) is 7.25. The fraction of sp³-hybridized carbons (Fsp3) is 0.600. The molecule has 1 aromatic heterocycles. The number of amides is 1.